The number of nitrogens with zero attached hydrogens (tertiary/aromatic N) is 2. The Morgan fingerprint density at radius 1 is 1.22 bits per heavy atom. The van der Waals surface area contributed by atoms with E-state index >= 15 is 0 Å². The second kappa shape index (κ2) is 9.40. The fourth-order valence-corrected chi connectivity index (χ4v) is 2.77. The van der Waals surface area contributed by atoms with E-state index < -0.39 is 0 Å². The van der Waals surface area contributed by atoms with E-state index in [-0.39, 0.29) is 0 Å². The lowest BCUT2D eigenvalue weighted by Gasteiger charge is -2.30. The van der Waals surface area contributed by atoms with E-state index in [0.717, 1.165) is 37.3 Å². The zero-order valence-corrected chi connectivity index (χ0v) is 14.6. The van der Waals surface area contributed by atoms with Gasteiger partial charge in [0, 0.05) is 26.7 Å². The molecule has 1 aromatic carbocycles. The summed E-state index contributed by atoms with van der Waals surface area (Å²) in [5, 5.41) is 6.74. The third kappa shape index (κ3) is 6.10. The summed E-state index contributed by atoms with van der Waals surface area (Å²) >= 11 is 0. The molecule has 5 nitrogen and oxygen atoms in total. The van der Waals surface area contributed by atoms with Gasteiger partial charge < -0.3 is 20.3 Å². The molecule has 1 saturated heterocycles. The Morgan fingerprint density at radius 3 is 2.52 bits per heavy atom. The van der Waals surface area contributed by atoms with Crippen LogP contribution in [0.1, 0.15) is 25.3 Å². The maximum Gasteiger partial charge on any atom is 0.191 e. The zero-order valence-electron chi connectivity index (χ0n) is 14.6. The molecule has 2 N–H and O–H groups in total. The fourth-order valence-electron chi connectivity index (χ4n) is 2.77. The van der Waals surface area contributed by atoms with E-state index in [1.165, 1.54) is 31.5 Å². The van der Waals surface area contributed by atoms with Gasteiger partial charge in [-0.25, -0.2) is 0 Å². The van der Waals surface area contributed by atoms with Gasteiger partial charge in [0.05, 0.1) is 7.11 Å². The lowest BCUT2D eigenvalue weighted by atomic mass is 9.99. The van der Waals surface area contributed by atoms with Gasteiger partial charge in [0.25, 0.3) is 0 Å². The molecular formula is C18H30N4O. The minimum absolute atomic E-state index is 0.755. The van der Waals surface area contributed by atoms with Crippen molar-refractivity contribution >= 4 is 5.96 Å². The van der Waals surface area contributed by atoms with Gasteiger partial charge in [0.1, 0.15) is 5.75 Å². The summed E-state index contributed by atoms with van der Waals surface area (Å²) in [5.74, 6) is 2.62. The second-order valence-electron chi connectivity index (χ2n) is 6.22. The third-order valence-corrected chi connectivity index (χ3v) is 4.44. The molecule has 0 aliphatic carbocycles. The van der Waals surface area contributed by atoms with Gasteiger partial charge in [-0.05, 0) is 49.5 Å². The van der Waals surface area contributed by atoms with Crippen LogP contribution in [-0.4, -0.2) is 51.2 Å². The Bertz CT molecular complexity index is 478. The molecule has 23 heavy (non-hydrogen) atoms. The van der Waals surface area contributed by atoms with Crippen LogP contribution >= 0.6 is 0 Å². The molecule has 5 heteroatoms. The molecule has 0 aromatic heterocycles. The standard InChI is InChI=1S/C18H30N4O/c1-15-8-11-22(12-9-15)13-10-20-18(19-2)21-14-16-4-6-17(23-3)7-5-16/h4-7,15H,8-14H2,1-3H3,(H2,19,20,21). The highest BCUT2D eigenvalue weighted by Gasteiger charge is 2.14. The van der Waals surface area contributed by atoms with Crippen LogP contribution in [0.25, 0.3) is 0 Å². The lowest BCUT2D eigenvalue weighted by molar-refractivity contribution is 0.195. The Balaban J connectivity index is 1.66. The molecule has 0 bridgehead atoms. The van der Waals surface area contributed by atoms with E-state index in [9.17, 15) is 0 Å². The monoisotopic (exact) mass is 318 g/mol. The van der Waals surface area contributed by atoms with Crippen LogP contribution in [0, 0.1) is 5.92 Å². The number of guanidine groups is 1. The smallest absolute Gasteiger partial charge is 0.191 e. The van der Waals surface area contributed by atoms with Crippen LogP contribution in [-0.2, 0) is 6.54 Å². The van der Waals surface area contributed by atoms with Crippen molar-refractivity contribution in [3.63, 3.8) is 0 Å². The first kappa shape index (κ1) is 17.6. The number of benzene rings is 1. The highest BCUT2D eigenvalue weighted by molar-refractivity contribution is 5.79. The van der Waals surface area contributed by atoms with Crippen molar-refractivity contribution in [3.8, 4) is 5.75 Å². The van der Waals surface area contributed by atoms with Gasteiger partial charge in [-0.1, -0.05) is 19.1 Å². The fraction of sp³-hybridized carbons (Fsp3) is 0.611. The molecule has 0 radical (unpaired) electrons. The van der Waals surface area contributed by atoms with Crippen molar-refractivity contribution in [2.24, 2.45) is 10.9 Å². The van der Waals surface area contributed by atoms with Crippen LogP contribution in [0.5, 0.6) is 5.75 Å². The summed E-state index contributed by atoms with van der Waals surface area (Å²) in [5.41, 5.74) is 1.21. The largest absolute Gasteiger partial charge is 0.497 e. The van der Waals surface area contributed by atoms with Crippen LogP contribution in [0.2, 0.25) is 0 Å². The highest BCUT2D eigenvalue weighted by Crippen LogP contribution is 2.15. The van der Waals surface area contributed by atoms with Gasteiger partial charge in [-0.3, -0.25) is 4.99 Å². The Morgan fingerprint density at radius 2 is 1.91 bits per heavy atom. The molecule has 0 spiro atoms. The van der Waals surface area contributed by atoms with Crippen molar-refractivity contribution in [1.29, 1.82) is 0 Å². The molecule has 0 amide bonds. The number of ether oxygens (including phenoxy) is 1. The summed E-state index contributed by atoms with van der Waals surface area (Å²) in [6.07, 6.45) is 2.65. The van der Waals surface area contributed by atoms with Crippen molar-refractivity contribution < 1.29 is 4.74 Å². The van der Waals surface area contributed by atoms with Crippen LogP contribution in [0.3, 0.4) is 0 Å². The average molecular weight is 318 g/mol. The first-order valence-electron chi connectivity index (χ1n) is 8.51. The maximum atomic E-state index is 5.17. The van der Waals surface area contributed by atoms with Crippen LogP contribution < -0.4 is 15.4 Å². The molecule has 1 fully saturated rings. The molecule has 1 aliphatic rings. The average Bonchev–Trinajstić information content (AvgIpc) is 2.60. The number of hydrogen-bond donors (Lipinski definition) is 2. The van der Waals surface area contributed by atoms with Crippen LogP contribution in [0.15, 0.2) is 29.3 Å². The van der Waals surface area contributed by atoms with Gasteiger partial charge in [0.15, 0.2) is 5.96 Å². The zero-order chi connectivity index (χ0) is 16.5. The minimum atomic E-state index is 0.755. The summed E-state index contributed by atoms with van der Waals surface area (Å²) in [6.45, 7) is 7.56. The third-order valence-electron chi connectivity index (χ3n) is 4.44. The molecule has 1 heterocycles. The topological polar surface area (TPSA) is 48.9 Å². The molecule has 0 saturated carbocycles. The molecule has 0 atom stereocenters. The molecule has 128 valence electrons. The van der Waals surface area contributed by atoms with Crippen molar-refractivity contribution in [1.82, 2.24) is 15.5 Å². The number of likely N-dealkylation sites (tertiary alicyclic amines) is 1. The molecule has 1 aromatic rings. The lowest BCUT2D eigenvalue weighted by Crippen LogP contribution is -2.43. The highest BCUT2D eigenvalue weighted by atomic mass is 16.5. The number of nitrogens with one attached hydrogen (secondary N) is 2. The number of hydrogen-bond acceptors (Lipinski definition) is 3. The Kier molecular flexibility index (Phi) is 7.20. The second-order valence-corrected chi connectivity index (χ2v) is 6.22. The predicted octanol–water partition coefficient (Wildman–Crippen LogP) is 2.09. The van der Waals surface area contributed by atoms with E-state index in [4.69, 9.17) is 4.74 Å². The van der Waals surface area contributed by atoms with Crippen molar-refractivity contribution in [2.75, 3.05) is 40.3 Å². The Hall–Kier alpha value is -1.75. The normalized spacial score (nSPS) is 17.1. The first-order chi connectivity index (χ1) is 11.2. The summed E-state index contributed by atoms with van der Waals surface area (Å²) in [6, 6.07) is 8.08. The number of piperidine rings is 1. The predicted molar refractivity (Wildman–Crippen MR) is 96.0 cm³/mol. The summed E-state index contributed by atoms with van der Waals surface area (Å²) in [7, 11) is 3.49. The number of aliphatic imine (C=N–C) groups is 1. The Labute approximate surface area is 140 Å². The van der Waals surface area contributed by atoms with E-state index in [0.29, 0.717) is 0 Å². The molecular weight excluding hydrogens is 288 g/mol. The van der Waals surface area contributed by atoms with Gasteiger partial charge in [-0.15, -0.1) is 0 Å². The summed E-state index contributed by atoms with van der Waals surface area (Å²) in [4.78, 5) is 6.81. The number of methoxy groups -OCH3 is 1. The van der Waals surface area contributed by atoms with Gasteiger partial charge in [-0.2, -0.15) is 0 Å². The molecule has 1 aliphatic heterocycles. The summed E-state index contributed by atoms with van der Waals surface area (Å²) < 4.78 is 5.17. The van der Waals surface area contributed by atoms with E-state index in [1.54, 1.807) is 7.11 Å². The number of rotatable bonds is 6. The van der Waals surface area contributed by atoms with Crippen molar-refractivity contribution in [3.05, 3.63) is 29.8 Å². The van der Waals surface area contributed by atoms with Crippen LogP contribution in [0.4, 0.5) is 0 Å². The quantitative estimate of drug-likeness (QED) is 0.623. The van der Waals surface area contributed by atoms with Gasteiger partial charge in [0.2, 0.25) is 0 Å². The van der Waals surface area contributed by atoms with E-state index in [2.05, 4.69) is 39.6 Å². The van der Waals surface area contributed by atoms with E-state index in [1.807, 2.05) is 19.2 Å². The molecule has 2 rings (SSSR count). The van der Waals surface area contributed by atoms with Crippen molar-refractivity contribution in [2.45, 2.75) is 26.3 Å². The molecule has 0 unspecified atom stereocenters. The maximum absolute atomic E-state index is 5.17. The van der Waals surface area contributed by atoms with Gasteiger partial charge >= 0.3 is 0 Å². The first-order valence-corrected chi connectivity index (χ1v) is 8.51. The SMILES string of the molecule is CN=C(NCCN1CCC(C)CC1)NCc1ccc(OC)cc1. The minimum Gasteiger partial charge on any atom is -0.497 e.